The molecule has 7 heterocycles. The number of aliphatic carboxylic acids is 2. The standard InChI is InChI=1S/C48H72O14.C21H26ClNO.C4H4O4/c1-11-25(2)43-28(5)17-18-47(62-43)23-34-20-33(61-47)16-15-27(4)42(26(3)13-12-14-32-24-55-45-40(49)29(6)19-35(46(51)58-34)48(32,45)52)59-39-22-37(54-10)44(31(8)57-39)60-38-21-36(53-9)41(50)30(7)56-38;1-21(17-7-4-3-5-8-17,18-10-12-19(22)13-11-18)24-16-14-20-9-6-15-23(20)2;5-3(6)1-2-4(7)8/h12-15,17-19,25-26,28,30-31,33-45,49-50,52H,11,16,20-24H2,1-10H3;3-5,7-8,10-13,20H,6,9,14-16H2,1-2H3;1-2H,(H,5,6)(H,7,8). The van der Waals surface area contributed by atoms with E-state index in [-0.39, 0.29) is 42.7 Å². The number of carbonyl (C=O) groups excluding carboxylic acids is 1. The number of methoxy groups -OCH3 is 2. The molecule has 0 radical (unpaired) electrons. The second kappa shape index (κ2) is 33.5. The number of carboxylic acids is 2. The molecule has 520 valence electrons. The highest BCUT2D eigenvalue weighted by atomic mass is 35.5. The molecule has 2 aromatic carbocycles. The summed E-state index contributed by atoms with van der Waals surface area (Å²) < 4.78 is 70.2. The van der Waals surface area contributed by atoms with Crippen LogP contribution in [0.25, 0.3) is 0 Å². The predicted octanol–water partition coefficient (Wildman–Crippen LogP) is 10.2. The second-order valence-corrected chi connectivity index (χ2v) is 27.2. The molecular weight excluding hydrogens is 1230 g/mol. The number of hydrogen-bond donors (Lipinski definition) is 5. The monoisotopic (exact) mass is 1330 g/mol. The third-order valence-corrected chi connectivity index (χ3v) is 20.4. The summed E-state index contributed by atoms with van der Waals surface area (Å²) in [5.41, 5.74) is 1.99. The first-order valence-corrected chi connectivity index (χ1v) is 33.8. The molecular formula is C73H102ClNO19. The van der Waals surface area contributed by atoms with Gasteiger partial charge in [0.1, 0.15) is 47.6 Å². The van der Waals surface area contributed by atoms with Crippen molar-refractivity contribution in [2.75, 3.05) is 41.0 Å². The molecule has 1 aliphatic carbocycles. The molecule has 5 saturated heterocycles. The highest BCUT2D eigenvalue weighted by molar-refractivity contribution is 6.30. The van der Waals surface area contributed by atoms with E-state index in [1.807, 2.05) is 50.3 Å². The Bertz CT molecular complexity index is 2990. The highest BCUT2D eigenvalue weighted by Crippen LogP contribution is 2.48. The number of benzene rings is 2. The van der Waals surface area contributed by atoms with Gasteiger partial charge in [0.25, 0.3) is 0 Å². The Hall–Kier alpha value is -4.98. The summed E-state index contributed by atoms with van der Waals surface area (Å²) in [6, 6.07) is 19.1. The zero-order chi connectivity index (χ0) is 68.2. The van der Waals surface area contributed by atoms with Gasteiger partial charge in [-0.05, 0) is 126 Å². The van der Waals surface area contributed by atoms with Crippen LogP contribution in [0, 0.1) is 23.7 Å². The number of aliphatic hydroxyl groups excluding tert-OH is 2. The Balaban J connectivity index is 0.000000289. The van der Waals surface area contributed by atoms with E-state index in [1.54, 1.807) is 40.2 Å². The normalized spacial score (nSPS) is 37.1. The fourth-order valence-electron chi connectivity index (χ4n) is 14.3. The molecule has 5 N–H and O–H groups in total. The molecule has 7 aliphatic heterocycles. The van der Waals surface area contributed by atoms with E-state index in [1.165, 1.54) is 24.9 Å². The molecule has 0 aromatic heterocycles. The molecule has 0 amide bonds. The molecule has 8 aliphatic rings. The molecule has 20 nitrogen and oxygen atoms in total. The van der Waals surface area contributed by atoms with Gasteiger partial charge in [0.2, 0.25) is 0 Å². The van der Waals surface area contributed by atoms with Crippen LogP contribution < -0.4 is 0 Å². The van der Waals surface area contributed by atoms with Crippen molar-refractivity contribution in [3.63, 3.8) is 0 Å². The number of likely N-dealkylation sites (tertiary alicyclic amines) is 1. The van der Waals surface area contributed by atoms with Crippen LogP contribution in [-0.4, -0.2) is 193 Å². The minimum Gasteiger partial charge on any atom is -0.478 e. The Morgan fingerprint density at radius 1 is 0.851 bits per heavy atom. The van der Waals surface area contributed by atoms with Crippen molar-refractivity contribution in [3.8, 4) is 0 Å². The van der Waals surface area contributed by atoms with Gasteiger partial charge in [0.05, 0.1) is 49.3 Å². The number of nitrogens with zero attached hydrogens (tertiary/aromatic N) is 1. The van der Waals surface area contributed by atoms with Gasteiger partial charge >= 0.3 is 17.9 Å². The maximum absolute atomic E-state index is 14.3. The molecule has 1 spiro atoms. The third-order valence-electron chi connectivity index (χ3n) is 20.1. The summed E-state index contributed by atoms with van der Waals surface area (Å²) in [6.45, 7) is 20.2. The summed E-state index contributed by atoms with van der Waals surface area (Å²) in [7, 11) is 5.43. The summed E-state index contributed by atoms with van der Waals surface area (Å²) >= 11 is 6.07. The van der Waals surface area contributed by atoms with Crippen LogP contribution in [0.3, 0.4) is 0 Å². The average Bonchev–Trinajstić information content (AvgIpc) is 1.51. The first kappa shape index (κ1) is 74.8. The lowest BCUT2D eigenvalue weighted by atomic mass is 9.71. The number of allylic oxidation sites excluding steroid dienone is 2. The number of hydrogen-bond acceptors (Lipinski definition) is 18. The van der Waals surface area contributed by atoms with Crippen LogP contribution in [0.5, 0.6) is 0 Å². The van der Waals surface area contributed by atoms with E-state index in [2.05, 4.69) is 95.1 Å². The minimum absolute atomic E-state index is 0.0317. The molecule has 5 fully saturated rings. The number of carboxylic acid groups (broad SMARTS) is 2. The van der Waals surface area contributed by atoms with Gasteiger partial charge in [-0.3, -0.25) is 4.79 Å². The van der Waals surface area contributed by atoms with E-state index in [4.69, 9.17) is 73.9 Å². The van der Waals surface area contributed by atoms with Gasteiger partial charge in [-0.25, -0.2) is 9.59 Å². The lowest BCUT2D eigenvalue weighted by molar-refractivity contribution is -0.318. The Morgan fingerprint density at radius 3 is 2.16 bits per heavy atom. The SMILES string of the molecule is CCC(C)C1OC2(C=CC1C)CC1CC(CC=C(C)C(OC3CC(OC)C(OC4CC(OC)C(O)C(C)O4)C(C)O3)C(C)C=CC=C3COC4C(O)C(C)=CC(C(=O)O1)C34O)O2.CN1CCCC1CCOC(C)(c1ccccc1)c1ccc(Cl)cc1.O=C(O)C=CC(=O)O. The quantitative estimate of drug-likeness (QED) is 0.0595. The van der Waals surface area contributed by atoms with Gasteiger partial charge in [-0.2, -0.15) is 0 Å². The van der Waals surface area contributed by atoms with E-state index >= 15 is 0 Å². The molecule has 0 saturated carbocycles. The van der Waals surface area contributed by atoms with Gasteiger partial charge < -0.3 is 82.5 Å². The van der Waals surface area contributed by atoms with E-state index in [0.717, 1.165) is 35.6 Å². The number of rotatable bonds is 16. The molecule has 94 heavy (non-hydrogen) atoms. The number of carbonyl (C=O) groups is 3. The first-order chi connectivity index (χ1) is 44.7. The van der Waals surface area contributed by atoms with Crippen molar-refractivity contribution in [1.29, 1.82) is 0 Å². The largest absolute Gasteiger partial charge is 0.478 e. The fraction of sp³-hybridized carbons (Fsp3) is 0.630. The Kier molecular flexibility index (Phi) is 26.7. The Labute approximate surface area is 559 Å². The number of aliphatic hydroxyl groups is 3. The van der Waals surface area contributed by atoms with Gasteiger partial charge in [-0.1, -0.05) is 125 Å². The lowest BCUT2D eigenvalue weighted by Gasteiger charge is -2.48. The van der Waals surface area contributed by atoms with E-state index in [9.17, 15) is 29.7 Å². The fourth-order valence-corrected chi connectivity index (χ4v) is 14.4. The minimum atomic E-state index is -1.84. The zero-order valence-corrected chi connectivity index (χ0v) is 57.4. The predicted molar refractivity (Wildman–Crippen MR) is 352 cm³/mol. The van der Waals surface area contributed by atoms with Crippen LogP contribution in [0.2, 0.25) is 5.02 Å². The third kappa shape index (κ3) is 18.2. The van der Waals surface area contributed by atoms with Gasteiger partial charge in [0.15, 0.2) is 18.4 Å². The maximum atomic E-state index is 14.3. The van der Waals surface area contributed by atoms with Crippen LogP contribution >= 0.6 is 11.6 Å². The molecule has 22 unspecified atom stereocenters. The topological polar surface area (TPSA) is 257 Å². The van der Waals surface area contributed by atoms with Gasteiger partial charge in [0, 0.05) is 81.6 Å². The highest BCUT2D eigenvalue weighted by Gasteiger charge is 2.60. The first-order valence-electron chi connectivity index (χ1n) is 33.4. The molecule has 10 rings (SSSR count). The average molecular weight is 1330 g/mol. The van der Waals surface area contributed by atoms with E-state index in [0.29, 0.717) is 61.4 Å². The number of halogens is 1. The van der Waals surface area contributed by atoms with Crippen LogP contribution in [0.4, 0.5) is 0 Å². The molecule has 22 atom stereocenters. The zero-order valence-electron chi connectivity index (χ0n) is 56.6. The van der Waals surface area contributed by atoms with Crippen LogP contribution in [-0.2, 0) is 72.1 Å². The van der Waals surface area contributed by atoms with Crippen molar-refractivity contribution in [3.05, 3.63) is 142 Å². The number of esters is 1. The molecule has 2 aromatic rings. The lowest BCUT2D eigenvalue weighted by Crippen LogP contribution is -2.58. The van der Waals surface area contributed by atoms with Crippen molar-refractivity contribution < 1.29 is 92.0 Å². The van der Waals surface area contributed by atoms with Crippen molar-refractivity contribution in [2.24, 2.45) is 23.7 Å². The van der Waals surface area contributed by atoms with Gasteiger partial charge in [-0.15, -0.1) is 0 Å². The van der Waals surface area contributed by atoms with Crippen molar-refractivity contribution in [2.45, 2.75) is 229 Å². The summed E-state index contributed by atoms with van der Waals surface area (Å²) in [5, 5.41) is 50.6. The van der Waals surface area contributed by atoms with Crippen molar-refractivity contribution >= 4 is 29.5 Å². The maximum Gasteiger partial charge on any atom is 0.328 e. The second-order valence-electron chi connectivity index (χ2n) is 26.8. The van der Waals surface area contributed by atoms with Crippen molar-refractivity contribution in [1.82, 2.24) is 4.90 Å². The Morgan fingerprint density at radius 2 is 1.51 bits per heavy atom. The molecule has 2 bridgehead atoms. The van der Waals surface area contributed by atoms with Crippen LogP contribution in [0.1, 0.15) is 131 Å². The van der Waals surface area contributed by atoms with E-state index < -0.39 is 108 Å². The van der Waals surface area contributed by atoms with Crippen LogP contribution in [0.15, 0.2) is 126 Å². The summed E-state index contributed by atoms with van der Waals surface area (Å²) in [4.78, 5) is 35.9. The number of fused-ring (bicyclic) bond motifs is 2. The summed E-state index contributed by atoms with van der Waals surface area (Å²) in [6.07, 6.45) is 13.3. The smallest absolute Gasteiger partial charge is 0.328 e. The number of ether oxygens (including phenoxy) is 11. The summed E-state index contributed by atoms with van der Waals surface area (Å²) in [5.74, 6) is -5.08. The molecule has 21 heteroatoms.